The van der Waals surface area contributed by atoms with Crippen molar-refractivity contribution in [1.82, 2.24) is 9.78 Å². The molecule has 1 heterocycles. The molecule has 4 heteroatoms. The molecule has 0 saturated carbocycles. The van der Waals surface area contributed by atoms with Gasteiger partial charge in [-0.15, -0.1) is 0 Å². The molecule has 0 atom stereocenters. The van der Waals surface area contributed by atoms with Crippen molar-refractivity contribution in [2.45, 2.75) is 13.5 Å². The molecule has 0 radical (unpaired) electrons. The zero-order chi connectivity index (χ0) is 8.10. The van der Waals surface area contributed by atoms with E-state index < -0.39 is 0 Å². The van der Waals surface area contributed by atoms with E-state index in [0.29, 0.717) is 12.4 Å². The summed E-state index contributed by atoms with van der Waals surface area (Å²) in [5, 5.41) is 3.88. The normalized spacial score (nSPS) is 9.55. The molecular weight excluding hydrogens is 144 g/mol. The Morgan fingerprint density at radius 1 is 1.82 bits per heavy atom. The Kier molecular flexibility index (Phi) is 2.66. The monoisotopic (exact) mass is 154 g/mol. The van der Waals surface area contributed by atoms with Crippen molar-refractivity contribution >= 4 is 6.29 Å². The standard InChI is InChI=1S/C7H10N2O2/c1-2-11-7-5-8-9(6-7)3-4-10/h4-6H,2-3H2,1H3. The van der Waals surface area contributed by atoms with Crippen molar-refractivity contribution in [3.05, 3.63) is 12.4 Å². The Morgan fingerprint density at radius 2 is 2.64 bits per heavy atom. The van der Waals surface area contributed by atoms with Crippen molar-refractivity contribution in [3.63, 3.8) is 0 Å². The van der Waals surface area contributed by atoms with Gasteiger partial charge in [-0.3, -0.25) is 4.68 Å². The van der Waals surface area contributed by atoms with Crippen molar-refractivity contribution in [2.24, 2.45) is 0 Å². The molecule has 60 valence electrons. The third-order valence-corrected chi connectivity index (χ3v) is 1.18. The second kappa shape index (κ2) is 3.75. The van der Waals surface area contributed by atoms with E-state index in [4.69, 9.17) is 4.74 Å². The van der Waals surface area contributed by atoms with Crippen LogP contribution in [0.2, 0.25) is 0 Å². The fourth-order valence-corrected chi connectivity index (χ4v) is 0.762. The number of rotatable bonds is 4. The lowest BCUT2D eigenvalue weighted by molar-refractivity contribution is -0.108. The summed E-state index contributed by atoms with van der Waals surface area (Å²) in [7, 11) is 0. The number of carbonyl (C=O) groups is 1. The third kappa shape index (κ3) is 2.07. The van der Waals surface area contributed by atoms with E-state index in [9.17, 15) is 4.79 Å². The van der Waals surface area contributed by atoms with Gasteiger partial charge in [-0.2, -0.15) is 5.10 Å². The molecule has 0 aliphatic rings. The van der Waals surface area contributed by atoms with Gasteiger partial charge in [-0.25, -0.2) is 0 Å². The molecule has 0 unspecified atom stereocenters. The lowest BCUT2D eigenvalue weighted by Gasteiger charge is -1.94. The summed E-state index contributed by atoms with van der Waals surface area (Å²) >= 11 is 0. The topological polar surface area (TPSA) is 44.1 Å². The highest BCUT2D eigenvalue weighted by molar-refractivity contribution is 5.48. The minimum absolute atomic E-state index is 0.285. The zero-order valence-electron chi connectivity index (χ0n) is 6.36. The molecule has 0 aliphatic heterocycles. The second-order valence-corrected chi connectivity index (χ2v) is 2.00. The number of aromatic nitrogens is 2. The first-order chi connectivity index (χ1) is 5.36. The van der Waals surface area contributed by atoms with Gasteiger partial charge in [0.15, 0.2) is 5.75 Å². The van der Waals surface area contributed by atoms with E-state index in [-0.39, 0.29) is 6.54 Å². The Hall–Kier alpha value is -1.32. The molecule has 1 rings (SSSR count). The Labute approximate surface area is 64.8 Å². The van der Waals surface area contributed by atoms with Gasteiger partial charge in [0.05, 0.1) is 25.5 Å². The number of carbonyl (C=O) groups excluding carboxylic acids is 1. The number of hydrogen-bond acceptors (Lipinski definition) is 3. The van der Waals surface area contributed by atoms with Crippen molar-refractivity contribution in [3.8, 4) is 5.75 Å². The smallest absolute Gasteiger partial charge is 0.157 e. The van der Waals surface area contributed by atoms with Crippen molar-refractivity contribution in [1.29, 1.82) is 0 Å². The molecule has 1 aromatic heterocycles. The van der Waals surface area contributed by atoms with Gasteiger partial charge in [-0.1, -0.05) is 0 Å². The largest absolute Gasteiger partial charge is 0.491 e. The van der Waals surface area contributed by atoms with Crippen LogP contribution in [-0.2, 0) is 11.3 Å². The average molecular weight is 154 g/mol. The van der Waals surface area contributed by atoms with Gasteiger partial charge in [0.2, 0.25) is 0 Å². The number of nitrogens with zero attached hydrogens (tertiary/aromatic N) is 2. The number of hydrogen-bond donors (Lipinski definition) is 0. The van der Waals surface area contributed by atoms with Crippen LogP contribution in [0.3, 0.4) is 0 Å². The van der Waals surface area contributed by atoms with Gasteiger partial charge in [0, 0.05) is 0 Å². The minimum atomic E-state index is 0.285. The molecule has 0 amide bonds. The Morgan fingerprint density at radius 3 is 3.27 bits per heavy atom. The summed E-state index contributed by atoms with van der Waals surface area (Å²) in [5.74, 6) is 0.703. The van der Waals surface area contributed by atoms with Crippen LogP contribution in [0.1, 0.15) is 6.92 Å². The summed E-state index contributed by atoms with van der Waals surface area (Å²) in [6, 6.07) is 0. The zero-order valence-corrected chi connectivity index (χ0v) is 6.36. The van der Waals surface area contributed by atoms with E-state index in [1.807, 2.05) is 6.92 Å². The molecule has 0 bridgehead atoms. The van der Waals surface area contributed by atoms with E-state index in [1.54, 1.807) is 12.4 Å². The molecule has 1 aromatic rings. The molecule has 0 saturated heterocycles. The Balaban J connectivity index is 2.57. The van der Waals surface area contributed by atoms with Crippen LogP contribution >= 0.6 is 0 Å². The van der Waals surface area contributed by atoms with Gasteiger partial charge in [-0.05, 0) is 6.92 Å². The lowest BCUT2D eigenvalue weighted by Crippen LogP contribution is -1.98. The fourth-order valence-electron chi connectivity index (χ4n) is 0.762. The first-order valence-electron chi connectivity index (χ1n) is 3.45. The molecule has 0 spiro atoms. The molecule has 4 nitrogen and oxygen atoms in total. The number of ether oxygens (including phenoxy) is 1. The summed E-state index contributed by atoms with van der Waals surface area (Å²) in [6.07, 6.45) is 4.08. The minimum Gasteiger partial charge on any atom is -0.491 e. The number of aldehydes is 1. The predicted molar refractivity (Wildman–Crippen MR) is 39.5 cm³/mol. The predicted octanol–water partition coefficient (Wildman–Crippen LogP) is 0.481. The quantitative estimate of drug-likeness (QED) is 0.592. The molecule has 0 aromatic carbocycles. The summed E-state index contributed by atoms with van der Waals surface area (Å²) in [6.45, 7) is 2.80. The lowest BCUT2D eigenvalue weighted by atomic mass is 10.6. The first-order valence-corrected chi connectivity index (χ1v) is 3.45. The van der Waals surface area contributed by atoms with E-state index in [2.05, 4.69) is 5.10 Å². The van der Waals surface area contributed by atoms with Gasteiger partial charge < -0.3 is 9.53 Å². The van der Waals surface area contributed by atoms with Crippen LogP contribution in [0.5, 0.6) is 5.75 Å². The van der Waals surface area contributed by atoms with Crippen LogP contribution in [-0.4, -0.2) is 22.7 Å². The van der Waals surface area contributed by atoms with E-state index in [1.165, 1.54) is 4.68 Å². The van der Waals surface area contributed by atoms with Crippen LogP contribution in [0.4, 0.5) is 0 Å². The molecule has 0 fully saturated rings. The Bertz CT molecular complexity index is 232. The molecule has 0 N–H and O–H groups in total. The maximum atomic E-state index is 10.0. The van der Waals surface area contributed by atoms with Crippen LogP contribution in [0.25, 0.3) is 0 Å². The van der Waals surface area contributed by atoms with Crippen LogP contribution in [0, 0.1) is 0 Å². The van der Waals surface area contributed by atoms with Crippen molar-refractivity contribution < 1.29 is 9.53 Å². The van der Waals surface area contributed by atoms with Gasteiger partial charge in [0.25, 0.3) is 0 Å². The average Bonchev–Trinajstić information content (AvgIpc) is 2.38. The highest BCUT2D eigenvalue weighted by Crippen LogP contribution is 2.06. The third-order valence-electron chi connectivity index (χ3n) is 1.18. The summed E-state index contributed by atoms with van der Waals surface area (Å²) < 4.78 is 6.66. The maximum absolute atomic E-state index is 10.0. The fraction of sp³-hybridized carbons (Fsp3) is 0.429. The first kappa shape index (κ1) is 7.78. The second-order valence-electron chi connectivity index (χ2n) is 2.00. The van der Waals surface area contributed by atoms with Crippen LogP contribution in [0.15, 0.2) is 12.4 Å². The molecule has 0 aliphatic carbocycles. The van der Waals surface area contributed by atoms with Crippen LogP contribution < -0.4 is 4.74 Å². The maximum Gasteiger partial charge on any atom is 0.157 e. The molecule has 11 heavy (non-hydrogen) atoms. The summed E-state index contributed by atoms with van der Waals surface area (Å²) in [4.78, 5) is 10.0. The van der Waals surface area contributed by atoms with Crippen molar-refractivity contribution in [2.75, 3.05) is 6.61 Å². The van der Waals surface area contributed by atoms with Gasteiger partial charge in [0.1, 0.15) is 6.29 Å². The highest BCUT2D eigenvalue weighted by Gasteiger charge is 1.95. The SMILES string of the molecule is CCOc1cnn(CC=O)c1. The van der Waals surface area contributed by atoms with E-state index >= 15 is 0 Å². The molecular formula is C7H10N2O2. The summed E-state index contributed by atoms with van der Waals surface area (Å²) in [5.41, 5.74) is 0. The van der Waals surface area contributed by atoms with E-state index in [0.717, 1.165) is 6.29 Å². The highest BCUT2D eigenvalue weighted by atomic mass is 16.5. The van der Waals surface area contributed by atoms with Gasteiger partial charge >= 0.3 is 0 Å².